The number of hydrogen-bond donors (Lipinski definition) is 0. The molecule has 0 aromatic carbocycles. The highest BCUT2D eigenvalue weighted by Gasteiger charge is 2.49. The van der Waals surface area contributed by atoms with Crippen molar-refractivity contribution in [2.45, 2.75) is 113 Å². The average Bonchev–Trinajstić information content (AvgIpc) is 3.54. The summed E-state index contributed by atoms with van der Waals surface area (Å²) < 4.78 is 0. The van der Waals surface area contributed by atoms with Gasteiger partial charge in [-0.3, -0.25) is 0 Å². The Morgan fingerprint density at radius 3 is 1.27 bits per heavy atom. The first-order valence-electron chi connectivity index (χ1n) is 14.6. The Morgan fingerprint density at radius 1 is 0.576 bits per heavy atom. The Kier molecular flexibility index (Phi) is 9.97. The van der Waals surface area contributed by atoms with Gasteiger partial charge in [0.15, 0.2) is 0 Å². The number of allylic oxidation sites excluding steroid dienone is 6. The lowest BCUT2D eigenvalue weighted by atomic mass is 9.69. The third-order valence-corrected chi connectivity index (χ3v) is 9.41. The fraction of sp³-hybridized carbons (Fsp3) is 0.818. The summed E-state index contributed by atoms with van der Waals surface area (Å²) in [5, 5.41) is 0. The fourth-order valence-electron chi connectivity index (χ4n) is 8.37. The van der Waals surface area contributed by atoms with Crippen molar-refractivity contribution in [3.05, 3.63) is 35.5 Å². The molecule has 0 aromatic rings. The van der Waals surface area contributed by atoms with E-state index < -0.39 is 0 Å². The summed E-state index contributed by atoms with van der Waals surface area (Å²) >= 11 is 0. The molecular weight excluding hydrogens is 396 g/mol. The fourth-order valence-corrected chi connectivity index (χ4v) is 8.37. The zero-order valence-electron chi connectivity index (χ0n) is 23.4. The molecule has 5 aliphatic rings. The molecule has 0 heterocycles. The van der Waals surface area contributed by atoms with E-state index in [9.17, 15) is 0 Å². The van der Waals surface area contributed by atoms with Gasteiger partial charge in [-0.25, -0.2) is 0 Å². The zero-order chi connectivity index (χ0) is 24.1. The minimum atomic E-state index is 0.852. The number of hydrogen-bond acceptors (Lipinski definition) is 0. The first-order chi connectivity index (χ1) is 15.6. The molecule has 4 unspecified atom stereocenters. The second-order valence-corrected chi connectivity index (χ2v) is 13.5. The Hall–Kier alpha value is -0.780. The first-order valence-corrected chi connectivity index (χ1v) is 14.6. The van der Waals surface area contributed by atoms with Crippen molar-refractivity contribution in [3.8, 4) is 0 Å². The zero-order valence-corrected chi connectivity index (χ0v) is 23.4. The lowest BCUT2D eigenvalue weighted by molar-refractivity contribution is 0.124. The third-order valence-electron chi connectivity index (χ3n) is 9.41. The summed E-state index contributed by atoms with van der Waals surface area (Å²) in [7, 11) is 0. The number of rotatable bonds is 4. The van der Waals surface area contributed by atoms with E-state index in [1.807, 2.05) is 0 Å². The highest BCUT2D eigenvalue weighted by Crippen LogP contribution is 2.57. The van der Waals surface area contributed by atoms with E-state index in [2.05, 4.69) is 79.7 Å². The van der Waals surface area contributed by atoms with Crippen LogP contribution in [0.1, 0.15) is 113 Å². The second kappa shape index (κ2) is 12.3. The molecule has 188 valence electrons. The van der Waals surface area contributed by atoms with Crippen molar-refractivity contribution in [2.75, 3.05) is 0 Å². The quantitative estimate of drug-likeness (QED) is 0.372. The van der Waals surface area contributed by atoms with Gasteiger partial charge in [-0.15, -0.1) is 0 Å². The van der Waals surface area contributed by atoms with Crippen LogP contribution < -0.4 is 0 Å². The van der Waals surface area contributed by atoms with Crippen LogP contribution in [0.2, 0.25) is 0 Å². The summed E-state index contributed by atoms with van der Waals surface area (Å²) in [6, 6.07) is 0. The van der Waals surface area contributed by atoms with E-state index in [1.54, 1.807) is 6.42 Å². The molecule has 0 amide bonds. The summed E-state index contributed by atoms with van der Waals surface area (Å²) in [6.07, 6.45) is 22.9. The third kappa shape index (κ3) is 7.60. The SMILES string of the molecule is C1=C[C@H]2CC[C@@H]1C2.CC(C)=CC1CCC(C=C(C)C)C1.CC(C)C1C(C(C)C)[C@H]2CC[C@@H]1C2. The van der Waals surface area contributed by atoms with Gasteiger partial charge < -0.3 is 0 Å². The highest BCUT2D eigenvalue weighted by molar-refractivity contribution is 5.07. The van der Waals surface area contributed by atoms with E-state index in [0.717, 1.165) is 59.2 Å². The van der Waals surface area contributed by atoms with Crippen molar-refractivity contribution in [1.29, 1.82) is 0 Å². The van der Waals surface area contributed by atoms with Crippen LogP contribution in [0.15, 0.2) is 35.5 Å². The van der Waals surface area contributed by atoms with Gasteiger partial charge in [0.05, 0.1) is 0 Å². The van der Waals surface area contributed by atoms with Crippen LogP contribution in [-0.2, 0) is 0 Å². The molecule has 4 fully saturated rings. The molecule has 0 spiro atoms. The molecular formula is C33H56. The Labute approximate surface area is 207 Å². The molecule has 4 bridgehead atoms. The van der Waals surface area contributed by atoms with Crippen molar-refractivity contribution in [1.82, 2.24) is 0 Å². The predicted octanol–water partition coefficient (Wildman–Crippen LogP) is 10.3. The maximum atomic E-state index is 2.44. The van der Waals surface area contributed by atoms with Crippen molar-refractivity contribution >= 4 is 0 Å². The van der Waals surface area contributed by atoms with Gasteiger partial charge in [0.25, 0.3) is 0 Å². The van der Waals surface area contributed by atoms with Gasteiger partial charge in [0.1, 0.15) is 0 Å². The predicted molar refractivity (Wildman–Crippen MR) is 147 cm³/mol. The van der Waals surface area contributed by atoms with Crippen LogP contribution in [0.4, 0.5) is 0 Å². The maximum Gasteiger partial charge on any atom is -0.0225 e. The molecule has 0 saturated heterocycles. The second-order valence-electron chi connectivity index (χ2n) is 13.5. The smallest absolute Gasteiger partial charge is 0.0225 e. The van der Waals surface area contributed by atoms with E-state index in [0.29, 0.717) is 0 Å². The van der Waals surface area contributed by atoms with Crippen LogP contribution in [0.5, 0.6) is 0 Å². The molecule has 0 nitrogen and oxygen atoms in total. The molecule has 0 N–H and O–H groups in total. The standard InChI is InChI=1S/C13H24.C13H22.C7H10/c1-8(2)12-10-5-6-11(7-10)13(12)9(3)4;1-10(2)7-12-5-6-13(9-12)8-11(3)4;1-2-7-4-3-6(1)5-7/h8-13H,5-7H2,1-4H3;7-8,12-13H,5-6,9H2,1-4H3;1-2,6-7H,3-5H2/t10-,11+,12?,13?;;6-,7+. The van der Waals surface area contributed by atoms with Crippen LogP contribution >= 0.6 is 0 Å². The number of fused-ring (bicyclic) bond motifs is 4. The van der Waals surface area contributed by atoms with E-state index in [-0.39, 0.29) is 0 Å². The van der Waals surface area contributed by atoms with E-state index in [1.165, 1.54) is 62.5 Å². The summed E-state index contributed by atoms with van der Waals surface area (Å²) in [5.41, 5.74) is 2.95. The average molecular weight is 453 g/mol. The Bertz CT molecular complexity index is 625. The van der Waals surface area contributed by atoms with Gasteiger partial charge in [-0.2, -0.15) is 0 Å². The molecule has 4 saturated carbocycles. The van der Waals surface area contributed by atoms with Crippen LogP contribution in [-0.4, -0.2) is 0 Å². The normalized spacial score (nSPS) is 37.6. The molecule has 8 atom stereocenters. The molecule has 5 aliphatic carbocycles. The largest absolute Gasteiger partial charge is 0.0851 e. The van der Waals surface area contributed by atoms with E-state index in [4.69, 9.17) is 0 Å². The minimum Gasteiger partial charge on any atom is -0.0851 e. The topological polar surface area (TPSA) is 0 Å². The van der Waals surface area contributed by atoms with Gasteiger partial charge in [0.2, 0.25) is 0 Å². The van der Waals surface area contributed by atoms with Gasteiger partial charge in [-0.05, 0) is 145 Å². The van der Waals surface area contributed by atoms with Crippen LogP contribution in [0, 0.1) is 59.2 Å². The molecule has 33 heavy (non-hydrogen) atoms. The maximum absolute atomic E-state index is 2.44. The van der Waals surface area contributed by atoms with Gasteiger partial charge >= 0.3 is 0 Å². The Morgan fingerprint density at radius 2 is 1.00 bits per heavy atom. The summed E-state index contributed by atoms with van der Waals surface area (Å²) in [4.78, 5) is 0. The summed E-state index contributed by atoms with van der Waals surface area (Å²) in [5.74, 6) is 9.82. The van der Waals surface area contributed by atoms with Crippen molar-refractivity contribution < 1.29 is 0 Å². The van der Waals surface area contributed by atoms with Crippen molar-refractivity contribution in [3.63, 3.8) is 0 Å². The lowest BCUT2D eigenvalue weighted by Crippen LogP contribution is -2.30. The molecule has 5 rings (SSSR count). The van der Waals surface area contributed by atoms with Crippen LogP contribution in [0.25, 0.3) is 0 Å². The molecule has 0 heteroatoms. The minimum absolute atomic E-state index is 0.852. The van der Waals surface area contributed by atoms with Gasteiger partial charge in [0, 0.05) is 0 Å². The first kappa shape index (κ1) is 26.8. The van der Waals surface area contributed by atoms with Crippen LogP contribution in [0.3, 0.4) is 0 Å². The molecule has 0 aliphatic heterocycles. The Balaban J connectivity index is 0.000000145. The molecule has 0 radical (unpaired) electrons. The summed E-state index contributed by atoms with van der Waals surface area (Å²) in [6.45, 7) is 18.5. The lowest BCUT2D eigenvalue weighted by Gasteiger charge is -2.36. The highest BCUT2D eigenvalue weighted by atomic mass is 14.5. The van der Waals surface area contributed by atoms with Crippen molar-refractivity contribution in [2.24, 2.45) is 59.2 Å². The monoisotopic (exact) mass is 452 g/mol. The van der Waals surface area contributed by atoms with E-state index >= 15 is 0 Å². The molecule has 0 aromatic heterocycles. The van der Waals surface area contributed by atoms with Gasteiger partial charge in [-0.1, -0.05) is 63.1 Å².